The lowest BCUT2D eigenvalue weighted by molar-refractivity contribution is 0.193. The number of rotatable bonds is 2. The highest BCUT2D eigenvalue weighted by atomic mass is 15.3. The van der Waals surface area contributed by atoms with Gasteiger partial charge in [-0.1, -0.05) is 100 Å². The molecule has 2 fully saturated rings. The van der Waals surface area contributed by atoms with E-state index in [-0.39, 0.29) is 28.6 Å². The fourth-order valence-corrected chi connectivity index (χ4v) is 13.0. The van der Waals surface area contributed by atoms with Gasteiger partial charge in [0.05, 0.1) is 11.1 Å². The SMILES string of the molecule is Cc1cc(C)c2c(c1)N(c1cc3c4c(c1)N1c5c(cccc5C5(C)CCCCC15C)B4c1ccccc1N3c1ccccc1)C1(C)CCCCC21C. The summed E-state index contributed by atoms with van der Waals surface area (Å²) in [4.78, 5) is 8.34. The average Bonchev–Trinajstić information content (AvgIpc) is 3.49. The number of anilines is 7. The van der Waals surface area contributed by atoms with E-state index in [0.717, 1.165) is 0 Å². The predicted octanol–water partition coefficient (Wildman–Crippen LogP) is 10.4. The summed E-state index contributed by atoms with van der Waals surface area (Å²) >= 11 is 0. The van der Waals surface area contributed by atoms with Gasteiger partial charge in [-0.3, -0.25) is 0 Å². The first-order valence-electron chi connectivity index (χ1n) is 20.1. The van der Waals surface area contributed by atoms with Gasteiger partial charge < -0.3 is 14.7 Å². The average molecular weight is 680 g/mol. The zero-order valence-electron chi connectivity index (χ0n) is 31.8. The van der Waals surface area contributed by atoms with Gasteiger partial charge in [-0.15, -0.1) is 0 Å². The second-order valence-corrected chi connectivity index (χ2v) is 18.1. The Kier molecular flexibility index (Phi) is 6.08. The molecule has 5 aromatic rings. The first-order valence-corrected chi connectivity index (χ1v) is 20.1. The van der Waals surface area contributed by atoms with E-state index in [1.54, 1.807) is 11.1 Å². The zero-order chi connectivity index (χ0) is 35.4. The Bertz CT molecular complexity index is 2350. The van der Waals surface area contributed by atoms with Crippen molar-refractivity contribution in [3.05, 3.63) is 119 Å². The third-order valence-electron chi connectivity index (χ3n) is 15.6. The van der Waals surface area contributed by atoms with Crippen LogP contribution in [0.1, 0.15) is 101 Å². The normalized spacial score (nSPS) is 28.9. The molecule has 4 unspecified atom stereocenters. The van der Waals surface area contributed by atoms with Crippen LogP contribution in [0.3, 0.4) is 0 Å². The Morgan fingerprint density at radius 3 is 1.98 bits per heavy atom. The Morgan fingerprint density at radius 2 is 1.19 bits per heavy atom. The molecule has 2 aliphatic carbocycles. The molecule has 6 aliphatic rings. The third kappa shape index (κ3) is 3.51. The zero-order valence-corrected chi connectivity index (χ0v) is 31.8. The van der Waals surface area contributed by atoms with E-state index in [1.165, 1.54) is 119 Å². The number of aryl methyl sites for hydroxylation is 2. The molecule has 0 amide bonds. The molecule has 0 bridgehead atoms. The van der Waals surface area contributed by atoms with Crippen LogP contribution in [0.4, 0.5) is 39.8 Å². The van der Waals surface area contributed by atoms with Crippen LogP contribution in [0.15, 0.2) is 97.1 Å². The van der Waals surface area contributed by atoms with E-state index >= 15 is 0 Å². The molecule has 4 atom stereocenters. The van der Waals surface area contributed by atoms with Crippen LogP contribution in [-0.4, -0.2) is 17.8 Å². The fraction of sp³-hybridized carbons (Fsp3) is 0.375. The summed E-state index contributed by atoms with van der Waals surface area (Å²) in [5.74, 6) is 0. The lowest BCUT2D eigenvalue weighted by Gasteiger charge is -2.53. The lowest BCUT2D eigenvalue weighted by atomic mass is 9.33. The molecule has 3 nitrogen and oxygen atoms in total. The van der Waals surface area contributed by atoms with Gasteiger partial charge in [0.25, 0.3) is 6.71 Å². The van der Waals surface area contributed by atoms with Crippen molar-refractivity contribution in [2.45, 2.75) is 115 Å². The third-order valence-corrected chi connectivity index (χ3v) is 15.6. The van der Waals surface area contributed by atoms with E-state index < -0.39 is 0 Å². The van der Waals surface area contributed by atoms with E-state index in [2.05, 4.69) is 153 Å². The number of nitrogens with zero attached hydrogens (tertiary/aromatic N) is 3. The van der Waals surface area contributed by atoms with Gasteiger partial charge in [-0.05, 0) is 128 Å². The summed E-state index contributed by atoms with van der Waals surface area (Å²) < 4.78 is 0. The van der Waals surface area contributed by atoms with Gasteiger partial charge in [0, 0.05) is 50.6 Å². The van der Waals surface area contributed by atoms with Crippen molar-refractivity contribution in [1.82, 2.24) is 0 Å². The van der Waals surface area contributed by atoms with Crippen molar-refractivity contribution in [3.63, 3.8) is 0 Å². The monoisotopic (exact) mass is 679 g/mol. The molecule has 4 heteroatoms. The fourth-order valence-electron chi connectivity index (χ4n) is 13.0. The summed E-state index contributed by atoms with van der Waals surface area (Å²) in [7, 11) is 0. The predicted molar refractivity (Wildman–Crippen MR) is 221 cm³/mol. The maximum Gasteiger partial charge on any atom is 0.252 e. The largest absolute Gasteiger partial charge is 0.335 e. The summed E-state index contributed by atoms with van der Waals surface area (Å²) in [6.07, 6.45) is 10.0. The molecular formula is C48H50BN3. The number of hydrogen-bond acceptors (Lipinski definition) is 3. The van der Waals surface area contributed by atoms with Gasteiger partial charge in [0.2, 0.25) is 0 Å². The van der Waals surface area contributed by atoms with Crippen molar-refractivity contribution in [2.75, 3.05) is 14.7 Å². The maximum atomic E-state index is 2.90. The van der Waals surface area contributed by atoms with Crippen LogP contribution in [0, 0.1) is 13.8 Å². The quantitative estimate of drug-likeness (QED) is 0.169. The highest BCUT2D eigenvalue weighted by molar-refractivity contribution is 7.00. The standard InChI is InChI=1S/C48H50BN3/c1-31-27-32(2)42-39(28-31)51(48(6)26-15-13-24-46(42,48)4)34-29-40-43-41(30-34)52-44-35(45(3)23-12-14-25-47(45,52)5)19-16-21-37(44)49(43)36-20-10-11-22-38(36)50(40)33-17-8-7-9-18-33/h7-11,16-22,27-30H,12-15,23-26H2,1-6H3. The maximum absolute atomic E-state index is 2.90. The van der Waals surface area contributed by atoms with E-state index in [0.29, 0.717) is 0 Å². The van der Waals surface area contributed by atoms with Gasteiger partial charge in [0.1, 0.15) is 0 Å². The molecule has 0 saturated heterocycles. The number of para-hydroxylation sites is 3. The minimum absolute atomic E-state index is 0.00502. The van der Waals surface area contributed by atoms with Crippen molar-refractivity contribution in [1.29, 1.82) is 0 Å². The minimum Gasteiger partial charge on any atom is -0.335 e. The Balaban J connectivity index is 1.27. The summed E-state index contributed by atoms with van der Waals surface area (Å²) in [6, 6.07) is 38.0. The van der Waals surface area contributed by atoms with Crippen LogP contribution in [-0.2, 0) is 10.8 Å². The van der Waals surface area contributed by atoms with Gasteiger partial charge in [0.15, 0.2) is 0 Å². The number of benzene rings is 5. The van der Waals surface area contributed by atoms with Crippen molar-refractivity contribution < 1.29 is 0 Å². The first-order chi connectivity index (χ1) is 25.1. The van der Waals surface area contributed by atoms with Crippen LogP contribution >= 0.6 is 0 Å². The molecule has 0 radical (unpaired) electrons. The molecule has 2 saturated carbocycles. The lowest BCUT2D eigenvalue weighted by Crippen LogP contribution is -2.64. The van der Waals surface area contributed by atoms with E-state index in [1.807, 2.05) is 0 Å². The van der Waals surface area contributed by atoms with Gasteiger partial charge in [-0.2, -0.15) is 0 Å². The van der Waals surface area contributed by atoms with E-state index in [9.17, 15) is 0 Å². The molecule has 11 rings (SSSR count). The molecule has 52 heavy (non-hydrogen) atoms. The molecular weight excluding hydrogens is 629 g/mol. The summed E-state index contributed by atoms with van der Waals surface area (Å²) in [5, 5.41) is 0. The van der Waals surface area contributed by atoms with Crippen molar-refractivity contribution in [3.8, 4) is 0 Å². The molecule has 4 heterocycles. The number of hydrogen-bond donors (Lipinski definition) is 0. The van der Waals surface area contributed by atoms with Crippen molar-refractivity contribution >= 4 is 62.9 Å². The highest BCUT2D eigenvalue weighted by Crippen LogP contribution is 2.65. The van der Waals surface area contributed by atoms with Gasteiger partial charge >= 0.3 is 0 Å². The molecule has 260 valence electrons. The van der Waals surface area contributed by atoms with Crippen LogP contribution in [0.25, 0.3) is 0 Å². The summed E-state index contributed by atoms with van der Waals surface area (Å²) in [6.45, 7) is 15.2. The molecule has 5 aromatic carbocycles. The first kappa shape index (κ1) is 31.1. The molecule has 4 aliphatic heterocycles. The molecule has 0 spiro atoms. The second-order valence-electron chi connectivity index (χ2n) is 18.1. The molecule has 0 aromatic heterocycles. The van der Waals surface area contributed by atoms with Gasteiger partial charge in [-0.25, -0.2) is 0 Å². The Hall–Kier alpha value is -4.44. The minimum atomic E-state index is -0.0252. The summed E-state index contributed by atoms with van der Waals surface area (Å²) in [5.41, 5.74) is 20.1. The molecule has 0 N–H and O–H groups in total. The highest BCUT2D eigenvalue weighted by Gasteiger charge is 2.62. The number of fused-ring (bicyclic) bond motifs is 10. The van der Waals surface area contributed by atoms with Crippen molar-refractivity contribution in [2.24, 2.45) is 0 Å². The van der Waals surface area contributed by atoms with Crippen LogP contribution < -0.4 is 31.1 Å². The van der Waals surface area contributed by atoms with Crippen LogP contribution in [0.2, 0.25) is 0 Å². The van der Waals surface area contributed by atoms with E-state index in [4.69, 9.17) is 0 Å². The van der Waals surface area contributed by atoms with Crippen LogP contribution in [0.5, 0.6) is 0 Å². The topological polar surface area (TPSA) is 9.72 Å². The second kappa shape index (κ2) is 10.2. The smallest absolute Gasteiger partial charge is 0.252 e. The Morgan fingerprint density at radius 1 is 0.538 bits per heavy atom. The Labute approximate surface area is 310 Å².